The molecule has 0 aliphatic heterocycles. The Kier molecular flexibility index (Phi) is 6.24. The summed E-state index contributed by atoms with van der Waals surface area (Å²) in [4.78, 5) is 0. The van der Waals surface area contributed by atoms with Crippen LogP contribution in [0.25, 0.3) is 0 Å². The molecule has 0 spiro atoms. The van der Waals surface area contributed by atoms with E-state index in [1.54, 1.807) is 0 Å². The van der Waals surface area contributed by atoms with Crippen LogP contribution in [-0.2, 0) is 0 Å². The molecule has 0 aromatic heterocycles. The molecule has 11 heavy (non-hydrogen) atoms. The molecule has 0 aliphatic carbocycles. The summed E-state index contributed by atoms with van der Waals surface area (Å²) < 4.78 is 1.18. The van der Waals surface area contributed by atoms with Gasteiger partial charge >= 0.3 is 0 Å². The molecule has 0 N–H and O–H groups in total. The summed E-state index contributed by atoms with van der Waals surface area (Å²) in [5.41, 5.74) is 1.28. The lowest BCUT2D eigenvalue weighted by Gasteiger charge is -1.91. The van der Waals surface area contributed by atoms with E-state index in [1.807, 2.05) is 18.2 Å². The molecule has 62 valence electrons. The molecule has 1 rings (SSSR count). The fraction of sp³-hybridized carbons (Fsp3) is 0.400. The topological polar surface area (TPSA) is 0 Å². The van der Waals surface area contributed by atoms with Gasteiger partial charge in [-0.1, -0.05) is 54.4 Å². The fourth-order valence-electron chi connectivity index (χ4n) is 0.551. The quantitative estimate of drug-likeness (QED) is 0.609. The molecular formula is C10H15Br. The number of hydrogen-bond acceptors (Lipinski definition) is 0. The first-order valence-electron chi connectivity index (χ1n) is 3.93. The van der Waals surface area contributed by atoms with Crippen LogP contribution < -0.4 is 0 Å². The van der Waals surface area contributed by atoms with Gasteiger partial charge in [-0.25, -0.2) is 0 Å². The minimum absolute atomic E-state index is 1.18. The standard InChI is InChI=1S/C7H7Br.C3H8/c1-6-4-2-3-5-7(6)8;1-3-2/h2-5H,1H3;3H2,1-2H3. The number of halogens is 1. The molecule has 0 saturated heterocycles. The maximum absolute atomic E-state index is 3.40. The molecule has 0 aliphatic rings. The molecule has 0 heterocycles. The highest BCUT2D eigenvalue weighted by molar-refractivity contribution is 9.10. The lowest BCUT2D eigenvalue weighted by molar-refractivity contribution is 1.09. The lowest BCUT2D eigenvalue weighted by atomic mass is 10.2. The first-order chi connectivity index (χ1) is 5.22. The Hall–Kier alpha value is -0.300. The van der Waals surface area contributed by atoms with Crippen LogP contribution in [0, 0.1) is 6.92 Å². The second kappa shape index (κ2) is 6.41. The van der Waals surface area contributed by atoms with Gasteiger partial charge in [0.05, 0.1) is 0 Å². The molecule has 1 aromatic rings. The summed E-state index contributed by atoms with van der Waals surface area (Å²) >= 11 is 3.40. The van der Waals surface area contributed by atoms with Gasteiger partial charge in [0, 0.05) is 4.47 Å². The van der Waals surface area contributed by atoms with E-state index in [2.05, 4.69) is 42.8 Å². The van der Waals surface area contributed by atoms with Crippen LogP contribution in [0.1, 0.15) is 25.8 Å². The Labute approximate surface area is 77.8 Å². The molecule has 1 aromatic carbocycles. The first-order valence-corrected chi connectivity index (χ1v) is 4.72. The zero-order valence-corrected chi connectivity index (χ0v) is 8.98. The number of rotatable bonds is 0. The van der Waals surface area contributed by atoms with Crippen LogP contribution in [0.2, 0.25) is 0 Å². The minimum atomic E-state index is 1.18. The zero-order chi connectivity index (χ0) is 8.69. The third kappa shape index (κ3) is 5.02. The maximum Gasteiger partial charge on any atom is 0.0204 e. The molecule has 0 unspecified atom stereocenters. The van der Waals surface area contributed by atoms with Crippen molar-refractivity contribution in [3.8, 4) is 0 Å². The van der Waals surface area contributed by atoms with E-state index in [-0.39, 0.29) is 0 Å². The van der Waals surface area contributed by atoms with Crippen LogP contribution in [0.15, 0.2) is 28.7 Å². The van der Waals surface area contributed by atoms with E-state index >= 15 is 0 Å². The Balaban J connectivity index is 0.000000292. The third-order valence-corrected chi connectivity index (χ3v) is 1.97. The van der Waals surface area contributed by atoms with E-state index in [1.165, 1.54) is 16.5 Å². The highest BCUT2D eigenvalue weighted by Crippen LogP contribution is 2.13. The minimum Gasteiger partial charge on any atom is -0.0656 e. The Morgan fingerprint density at radius 1 is 1.18 bits per heavy atom. The first kappa shape index (κ1) is 10.7. The van der Waals surface area contributed by atoms with Crippen LogP contribution >= 0.6 is 15.9 Å². The normalized spacial score (nSPS) is 8.36. The van der Waals surface area contributed by atoms with Crippen molar-refractivity contribution < 1.29 is 0 Å². The van der Waals surface area contributed by atoms with Gasteiger partial charge in [0.1, 0.15) is 0 Å². The van der Waals surface area contributed by atoms with Crippen molar-refractivity contribution in [2.75, 3.05) is 0 Å². The number of benzene rings is 1. The average Bonchev–Trinajstić information content (AvgIpc) is 1.97. The van der Waals surface area contributed by atoms with Crippen molar-refractivity contribution in [2.24, 2.45) is 0 Å². The van der Waals surface area contributed by atoms with Gasteiger partial charge in [-0.2, -0.15) is 0 Å². The van der Waals surface area contributed by atoms with Crippen molar-refractivity contribution in [2.45, 2.75) is 27.2 Å². The molecule has 0 nitrogen and oxygen atoms in total. The van der Waals surface area contributed by atoms with Gasteiger partial charge in [-0.3, -0.25) is 0 Å². The molecule has 0 saturated carbocycles. The molecular weight excluding hydrogens is 200 g/mol. The van der Waals surface area contributed by atoms with Crippen LogP contribution in [0.3, 0.4) is 0 Å². The highest BCUT2D eigenvalue weighted by Gasteiger charge is 1.86. The number of hydrogen-bond donors (Lipinski definition) is 0. The summed E-state index contributed by atoms with van der Waals surface area (Å²) in [6.45, 7) is 6.32. The second-order valence-corrected chi connectivity index (χ2v) is 3.31. The summed E-state index contributed by atoms with van der Waals surface area (Å²) in [6, 6.07) is 8.15. The van der Waals surface area contributed by atoms with Crippen molar-refractivity contribution in [3.63, 3.8) is 0 Å². The molecule has 1 heteroatoms. The van der Waals surface area contributed by atoms with Gasteiger partial charge in [-0.15, -0.1) is 0 Å². The van der Waals surface area contributed by atoms with Gasteiger partial charge in [0.25, 0.3) is 0 Å². The van der Waals surface area contributed by atoms with Crippen LogP contribution in [-0.4, -0.2) is 0 Å². The molecule has 0 amide bonds. The fourth-order valence-corrected chi connectivity index (χ4v) is 0.836. The predicted octanol–water partition coefficient (Wildman–Crippen LogP) is 4.17. The summed E-state index contributed by atoms with van der Waals surface area (Å²) in [5.74, 6) is 0. The SMILES string of the molecule is CCC.Cc1ccccc1Br. The second-order valence-electron chi connectivity index (χ2n) is 2.46. The van der Waals surface area contributed by atoms with E-state index in [0.717, 1.165) is 0 Å². The maximum atomic E-state index is 3.40. The molecule has 0 atom stereocenters. The summed E-state index contributed by atoms with van der Waals surface area (Å²) in [6.07, 6.45) is 1.25. The Morgan fingerprint density at radius 2 is 1.64 bits per heavy atom. The van der Waals surface area contributed by atoms with E-state index in [9.17, 15) is 0 Å². The predicted molar refractivity (Wildman–Crippen MR) is 54.8 cm³/mol. The summed E-state index contributed by atoms with van der Waals surface area (Å²) in [7, 11) is 0. The molecule has 0 fully saturated rings. The van der Waals surface area contributed by atoms with Crippen molar-refractivity contribution in [3.05, 3.63) is 34.3 Å². The highest BCUT2D eigenvalue weighted by atomic mass is 79.9. The Morgan fingerprint density at radius 3 is 1.91 bits per heavy atom. The van der Waals surface area contributed by atoms with E-state index in [4.69, 9.17) is 0 Å². The number of aryl methyl sites for hydroxylation is 1. The summed E-state index contributed by atoms with van der Waals surface area (Å²) in [5, 5.41) is 0. The average molecular weight is 215 g/mol. The van der Waals surface area contributed by atoms with Crippen molar-refractivity contribution >= 4 is 15.9 Å². The third-order valence-electron chi connectivity index (χ3n) is 1.08. The zero-order valence-electron chi connectivity index (χ0n) is 7.39. The van der Waals surface area contributed by atoms with Gasteiger partial charge in [0.15, 0.2) is 0 Å². The molecule has 0 bridgehead atoms. The van der Waals surface area contributed by atoms with Gasteiger partial charge < -0.3 is 0 Å². The van der Waals surface area contributed by atoms with Gasteiger partial charge in [-0.05, 0) is 18.6 Å². The van der Waals surface area contributed by atoms with Gasteiger partial charge in [0.2, 0.25) is 0 Å². The smallest absolute Gasteiger partial charge is 0.0204 e. The van der Waals surface area contributed by atoms with E-state index in [0.29, 0.717) is 0 Å². The Bertz CT molecular complexity index is 173. The van der Waals surface area contributed by atoms with Crippen LogP contribution in [0.4, 0.5) is 0 Å². The van der Waals surface area contributed by atoms with Crippen molar-refractivity contribution in [1.29, 1.82) is 0 Å². The lowest BCUT2D eigenvalue weighted by Crippen LogP contribution is -1.69. The monoisotopic (exact) mass is 214 g/mol. The van der Waals surface area contributed by atoms with E-state index < -0.39 is 0 Å². The van der Waals surface area contributed by atoms with Crippen LogP contribution in [0.5, 0.6) is 0 Å². The van der Waals surface area contributed by atoms with Crippen molar-refractivity contribution in [1.82, 2.24) is 0 Å². The largest absolute Gasteiger partial charge is 0.0656 e. The molecule has 0 radical (unpaired) electrons.